The highest BCUT2D eigenvalue weighted by Crippen LogP contribution is 2.30. The van der Waals surface area contributed by atoms with E-state index in [1.807, 2.05) is 52.0 Å². The summed E-state index contributed by atoms with van der Waals surface area (Å²) in [5.74, 6) is -0.0522. The molecule has 1 aromatic carbocycles. The average Bonchev–Trinajstić information content (AvgIpc) is 2.68. The third-order valence-electron chi connectivity index (χ3n) is 5.25. The van der Waals surface area contributed by atoms with Crippen LogP contribution in [0, 0.1) is 25.2 Å². The van der Waals surface area contributed by atoms with E-state index in [0.717, 1.165) is 22.1 Å². The summed E-state index contributed by atoms with van der Waals surface area (Å²) in [4.78, 5) is 25.8. The van der Waals surface area contributed by atoms with Crippen molar-refractivity contribution in [2.75, 3.05) is 0 Å². The summed E-state index contributed by atoms with van der Waals surface area (Å²) in [6.07, 6.45) is 0.537. The molecule has 2 rings (SSSR count). The second kappa shape index (κ2) is 9.62. The highest BCUT2D eigenvalue weighted by Gasteiger charge is 2.28. The Labute approximate surface area is 177 Å². The van der Waals surface area contributed by atoms with Gasteiger partial charge in [0, 0.05) is 6.54 Å². The van der Waals surface area contributed by atoms with E-state index >= 15 is 0 Å². The monoisotopic (exact) mass is 410 g/mol. The van der Waals surface area contributed by atoms with Crippen LogP contribution in [0.1, 0.15) is 79.1 Å². The lowest BCUT2D eigenvalue weighted by Crippen LogP contribution is -2.31. The molecular formula is C24H30N2O4. The third kappa shape index (κ3) is 4.56. The molecule has 0 spiro atoms. The summed E-state index contributed by atoms with van der Waals surface area (Å²) < 4.78 is 7.12. The number of hydrogen-bond acceptors (Lipinski definition) is 5. The Morgan fingerprint density at radius 3 is 2.50 bits per heavy atom. The highest BCUT2D eigenvalue weighted by molar-refractivity contribution is 6.03. The molecule has 1 N–H and O–H groups in total. The number of unbranched alkanes of at least 4 members (excludes halogenated alkanes) is 1. The molecule has 0 saturated heterocycles. The molecule has 30 heavy (non-hydrogen) atoms. The number of pyridine rings is 1. The normalized spacial score (nSPS) is 11.9. The highest BCUT2D eigenvalue weighted by atomic mass is 16.5. The largest absolute Gasteiger partial charge is 0.494 e. The maximum atomic E-state index is 13.3. The molecule has 6 nitrogen and oxygen atoms in total. The van der Waals surface area contributed by atoms with Crippen molar-refractivity contribution in [2.45, 2.75) is 73.0 Å². The maximum absolute atomic E-state index is 13.3. The van der Waals surface area contributed by atoms with Gasteiger partial charge in [-0.15, -0.1) is 0 Å². The summed E-state index contributed by atoms with van der Waals surface area (Å²) in [5.41, 5.74) is 1.43. The van der Waals surface area contributed by atoms with Gasteiger partial charge in [0.1, 0.15) is 17.4 Å². The van der Waals surface area contributed by atoms with Crippen molar-refractivity contribution in [3.8, 4) is 17.7 Å². The zero-order valence-corrected chi connectivity index (χ0v) is 18.6. The Morgan fingerprint density at radius 1 is 1.27 bits per heavy atom. The molecule has 1 aromatic heterocycles. The summed E-state index contributed by atoms with van der Waals surface area (Å²) in [6.45, 7) is 11.4. The van der Waals surface area contributed by atoms with E-state index in [2.05, 4.69) is 0 Å². The van der Waals surface area contributed by atoms with Crippen molar-refractivity contribution in [2.24, 2.45) is 0 Å². The molecule has 0 fully saturated rings. The van der Waals surface area contributed by atoms with Crippen LogP contribution >= 0.6 is 0 Å². The van der Waals surface area contributed by atoms with Crippen molar-refractivity contribution >= 4 is 5.78 Å². The number of Topliss-reactive ketones (excluding diaryl/α,β-unsaturated/α-hetero) is 1. The first-order chi connectivity index (χ1) is 14.1. The van der Waals surface area contributed by atoms with Crippen molar-refractivity contribution in [1.82, 2.24) is 4.57 Å². The molecule has 0 aliphatic rings. The standard InChI is InChI=1S/C24H30N2O4/c1-7-8-11-26-23(28)19(13-25)16(5)21(24(26)29)22(27)17(6)30-20-12-15(4)9-10-18(20)14(2)3/h9-10,12,14,17,29H,7-8,11H2,1-6H3. The molecule has 0 radical (unpaired) electrons. The van der Waals surface area contributed by atoms with Gasteiger partial charge in [-0.2, -0.15) is 5.26 Å². The molecule has 0 aliphatic heterocycles. The first kappa shape index (κ1) is 23.2. The number of carbonyl (C=O) groups is 1. The second-order valence-corrected chi connectivity index (χ2v) is 7.94. The van der Waals surface area contributed by atoms with Gasteiger partial charge in [0.15, 0.2) is 6.10 Å². The molecule has 2 aromatic rings. The lowest BCUT2D eigenvalue weighted by molar-refractivity contribution is 0.0810. The van der Waals surface area contributed by atoms with Crippen LogP contribution < -0.4 is 10.3 Å². The second-order valence-electron chi connectivity index (χ2n) is 7.94. The van der Waals surface area contributed by atoms with Crippen LogP contribution in [0.5, 0.6) is 11.6 Å². The Morgan fingerprint density at radius 2 is 1.93 bits per heavy atom. The van der Waals surface area contributed by atoms with Crippen LogP contribution in [0.4, 0.5) is 0 Å². The summed E-state index contributed by atoms with van der Waals surface area (Å²) in [5, 5.41) is 20.2. The number of rotatable bonds is 8. The van der Waals surface area contributed by atoms with Gasteiger partial charge in [-0.1, -0.05) is 39.3 Å². The van der Waals surface area contributed by atoms with Gasteiger partial charge < -0.3 is 9.84 Å². The van der Waals surface area contributed by atoms with Crippen molar-refractivity contribution < 1.29 is 14.6 Å². The topological polar surface area (TPSA) is 92.3 Å². The number of aromatic hydroxyl groups is 1. The number of ether oxygens (including phenoxy) is 1. The first-order valence-corrected chi connectivity index (χ1v) is 10.3. The molecule has 0 bridgehead atoms. The van der Waals surface area contributed by atoms with Crippen molar-refractivity contribution in [1.29, 1.82) is 5.26 Å². The number of hydrogen-bond donors (Lipinski definition) is 1. The van der Waals surface area contributed by atoms with E-state index in [1.54, 1.807) is 6.92 Å². The molecule has 0 saturated carbocycles. The van der Waals surface area contributed by atoms with Gasteiger partial charge in [0.05, 0.1) is 5.56 Å². The number of nitrogens with zero attached hydrogens (tertiary/aromatic N) is 2. The lowest BCUT2D eigenvalue weighted by Gasteiger charge is -2.21. The predicted molar refractivity (Wildman–Crippen MR) is 116 cm³/mol. The van der Waals surface area contributed by atoms with E-state index < -0.39 is 23.3 Å². The molecule has 6 heteroatoms. The summed E-state index contributed by atoms with van der Waals surface area (Å²) in [7, 11) is 0. The fraction of sp³-hybridized carbons (Fsp3) is 0.458. The Bertz CT molecular complexity index is 1040. The quantitative estimate of drug-likeness (QED) is 0.641. The lowest BCUT2D eigenvalue weighted by atomic mass is 9.98. The van der Waals surface area contributed by atoms with Gasteiger partial charge >= 0.3 is 0 Å². The van der Waals surface area contributed by atoms with E-state index in [-0.39, 0.29) is 29.2 Å². The maximum Gasteiger partial charge on any atom is 0.271 e. The number of carbonyl (C=O) groups excluding carboxylic acids is 1. The Hall–Kier alpha value is -3.07. The van der Waals surface area contributed by atoms with E-state index in [0.29, 0.717) is 12.2 Å². The molecule has 1 atom stereocenters. The number of nitriles is 1. The van der Waals surface area contributed by atoms with Gasteiger partial charge in [-0.3, -0.25) is 14.2 Å². The van der Waals surface area contributed by atoms with Crippen LogP contribution in [0.15, 0.2) is 23.0 Å². The first-order valence-electron chi connectivity index (χ1n) is 10.3. The average molecular weight is 411 g/mol. The summed E-state index contributed by atoms with van der Waals surface area (Å²) in [6, 6.07) is 7.74. The molecule has 0 amide bonds. The number of aromatic nitrogens is 1. The molecule has 0 aliphatic carbocycles. The fourth-order valence-corrected chi connectivity index (χ4v) is 3.44. The van der Waals surface area contributed by atoms with Crippen LogP contribution in [0.2, 0.25) is 0 Å². The minimum absolute atomic E-state index is 0.0338. The number of ketones is 1. The van der Waals surface area contributed by atoms with Crippen LogP contribution in [0.3, 0.4) is 0 Å². The number of benzene rings is 1. The smallest absolute Gasteiger partial charge is 0.271 e. The Balaban J connectivity index is 2.52. The molecule has 1 unspecified atom stereocenters. The Kier molecular flexibility index (Phi) is 7.44. The van der Waals surface area contributed by atoms with Gasteiger partial charge in [-0.05, 0) is 55.9 Å². The van der Waals surface area contributed by atoms with Crippen molar-refractivity contribution in [3.63, 3.8) is 0 Å². The minimum atomic E-state index is -0.905. The van der Waals surface area contributed by atoms with E-state index in [9.17, 15) is 20.0 Å². The van der Waals surface area contributed by atoms with Gasteiger partial charge in [0.2, 0.25) is 11.7 Å². The molecular weight excluding hydrogens is 380 g/mol. The zero-order valence-electron chi connectivity index (χ0n) is 18.6. The van der Waals surface area contributed by atoms with E-state index in [4.69, 9.17) is 4.74 Å². The van der Waals surface area contributed by atoms with Gasteiger partial charge in [0.25, 0.3) is 5.56 Å². The predicted octanol–water partition coefficient (Wildman–Crippen LogP) is 4.62. The van der Waals surface area contributed by atoms with Gasteiger partial charge in [-0.25, -0.2) is 0 Å². The van der Waals surface area contributed by atoms with Crippen molar-refractivity contribution in [3.05, 3.63) is 56.4 Å². The SMILES string of the molecule is CCCCn1c(O)c(C(=O)C(C)Oc2cc(C)ccc2C(C)C)c(C)c(C#N)c1=O. The van der Waals surface area contributed by atoms with Crippen LogP contribution in [-0.2, 0) is 6.54 Å². The third-order valence-corrected chi connectivity index (χ3v) is 5.25. The molecule has 1 heterocycles. The van der Waals surface area contributed by atoms with Crippen LogP contribution in [0.25, 0.3) is 0 Å². The van der Waals surface area contributed by atoms with E-state index in [1.165, 1.54) is 6.92 Å². The summed E-state index contributed by atoms with van der Waals surface area (Å²) >= 11 is 0. The zero-order chi connectivity index (χ0) is 22.6. The minimum Gasteiger partial charge on any atom is -0.494 e. The molecule has 160 valence electrons. The number of aryl methyl sites for hydroxylation is 1. The van der Waals surface area contributed by atoms with Crippen LogP contribution in [-0.4, -0.2) is 21.6 Å². The fourth-order valence-electron chi connectivity index (χ4n) is 3.44.